The van der Waals surface area contributed by atoms with Crippen molar-refractivity contribution in [1.82, 2.24) is 20.3 Å². The molecule has 3 N–H and O–H groups in total. The van der Waals surface area contributed by atoms with E-state index in [1.54, 1.807) is 6.92 Å². The molecular formula is C22H21ClF2N4O6. The summed E-state index contributed by atoms with van der Waals surface area (Å²) in [5.41, 5.74) is 0.138. The molecule has 4 atom stereocenters. The lowest BCUT2D eigenvalue weighted by molar-refractivity contribution is 0.00706. The van der Waals surface area contributed by atoms with Gasteiger partial charge in [0.15, 0.2) is 11.8 Å². The van der Waals surface area contributed by atoms with Crippen LogP contribution in [-0.4, -0.2) is 70.1 Å². The molecule has 0 radical (unpaired) electrons. The van der Waals surface area contributed by atoms with Gasteiger partial charge >= 0.3 is 0 Å². The number of carbonyl (C=O) groups excluding carboxylic acids is 1. The molecule has 0 aliphatic carbocycles. The van der Waals surface area contributed by atoms with Crippen molar-refractivity contribution in [2.75, 3.05) is 19.8 Å². The molecule has 0 saturated carbocycles. The van der Waals surface area contributed by atoms with Gasteiger partial charge in [0, 0.05) is 12.1 Å². The molecule has 4 heterocycles. The SMILES string of the molecule is CCNC(=O)c1cc(F)c(COc2nc3nc(O[C@@H]4COC5C4OC[C@H]5O)[nH]c3cc2Cl)c(F)c1. The number of aromatic nitrogens is 3. The highest BCUT2D eigenvalue weighted by atomic mass is 35.5. The van der Waals surface area contributed by atoms with E-state index in [-0.39, 0.29) is 46.9 Å². The first kappa shape index (κ1) is 23.7. The molecule has 2 saturated heterocycles. The van der Waals surface area contributed by atoms with Crippen molar-refractivity contribution >= 4 is 28.7 Å². The molecule has 2 aliphatic heterocycles. The second kappa shape index (κ2) is 9.53. The van der Waals surface area contributed by atoms with Gasteiger partial charge in [-0.2, -0.15) is 9.97 Å². The minimum absolute atomic E-state index is 0.0824. The maximum Gasteiger partial charge on any atom is 0.296 e. The first-order valence-corrected chi connectivity index (χ1v) is 11.2. The minimum atomic E-state index is -0.935. The molecule has 1 amide bonds. The topological polar surface area (TPSA) is 128 Å². The zero-order chi connectivity index (χ0) is 24.7. The quantitative estimate of drug-likeness (QED) is 0.441. The van der Waals surface area contributed by atoms with Crippen LogP contribution in [0.3, 0.4) is 0 Å². The fourth-order valence-corrected chi connectivity index (χ4v) is 4.21. The molecular weight excluding hydrogens is 490 g/mol. The minimum Gasteiger partial charge on any atom is -0.471 e. The van der Waals surface area contributed by atoms with E-state index in [2.05, 4.69) is 20.3 Å². The summed E-state index contributed by atoms with van der Waals surface area (Å²) < 4.78 is 51.3. The van der Waals surface area contributed by atoms with Crippen molar-refractivity contribution < 1.29 is 37.6 Å². The number of H-pyrrole nitrogens is 1. The number of fused-ring (bicyclic) bond motifs is 2. The van der Waals surface area contributed by atoms with Gasteiger partial charge < -0.3 is 34.4 Å². The van der Waals surface area contributed by atoms with Gasteiger partial charge in [-0.1, -0.05) is 11.6 Å². The van der Waals surface area contributed by atoms with Gasteiger partial charge in [-0.05, 0) is 25.1 Å². The van der Waals surface area contributed by atoms with Crippen molar-refractivity contribution in [3.8, 4) is 11.9 Å². The highest BCUT2D eigenvalue weighted by Crippen LogP contribution is 2.31. The third-order valence-electron chi connectivity index (χ3n) is 5.71. The van der Waals surface area contributed by atoms with E-state index in [1.165, 1.54) is 6.07 Å². The Morgan fingerprint density at radius 2 is 1.97 bits per heavy atom. The van der Waals surface area contributed by atoms with E-state index >= 15 is 0 Å². The van der Waals surface area contributed by atoms with Crippen LogP contribution in [0, 0.1) is 11.6 Å². The Labute approximate surface area is 202 Å². The predicted octanol–water partition coefficient (Wildman–Crippen LogP) is 2.12. The Hall–Kier alpha value is -3.06. The molecule has 2 aromatic heterocycles. The average molecular weight is 511 g/mol. The molecule has 2 unspecified atom stereocenters. The summed E-state index contributed by atoms with van der Waals surface area (Å²) in [5.74, 6) is -2.54. The molecule has 2 fully saturated rings. The molecule has 186 valence electrons. The van der Waals surface area contributed by atoms with Crippen LogP contribution in [0.2, 0.25) is 5.02 Å². The summed E-state index contributed by atoms with van der Waals surface area (Å²) in [7, 11) is 0. The van der Waals surface area contributed by atoms with Crippen molar-refractivity contribution in [2.24, 2.45) is 0 Å². The summed E-state index contributed by atoms with van der Waals surface area (Å²) in [6.07, 6.45) is -2.05. The van der Waals surface area contributed by atoms with Crippen molar-refractivity contribution in [1.29, 1.82) is 0 Å². The number of aromatic amines is 1. The van der Waals surface area contributed by atoms with Gasteiger partial charge in [0.05, 0.1) is 24.3 Å². The summed E-state index contributed by atoms with van der Waals surface area (Å²) in [5, 5.41) is 12.4. The highest BCUT2D eigenvalue weighted by molar-refractivity contribution is 6.32. The van der Waals surface area contributed by atoms with E-state index < -0.39 is 48.6 Å². The van der Waals surface area contributed by atoms with Gasteiger partial charge in [-0.25, -0.2) is 8.78 Å². The third-order valence-corrected chi connectivity index (χ3v) is 5.98. The van der Waals surface area contributed by atoms with Crippen LogP contribution < -0.4 is 14.8 Å². The number of nitrogens with zero attached hydrogens (tertiary/aromatic N) is 2. The molecule has 0 spiro atoms. The number of imidazole rings is 1. The molecule has 0 bridgehead atoms. The van der Waals surface area contributed by atoms with E-state index in [0.29, 0.717) is 12.1 Å². The second-order valence-electron chi connectivity index (χ2n) is 8.07. The van der Waals surface area contributed by atoms with Crippen LogP contribution in [0.25, 0.3) is 11.2 Å². The normalized spacial score (nSPS) is 23.5. The molecule has 10 nitrogen and oxygen atoms in total. The highest BCUT2D eigenvalue weighted by Gasteiger charge is 2.48. The number of halogens is 3. The fraction of sp³-hybridized carbons (Fsp3) is 0.409. The third kappa shape index (κ3) is 4.61. The van der Waals surface area contributed by atoms with Crippen molar-refractivity contribution in [3.63, 3.8) is 0 Å². The monoisotopic (exact) mass is 510 g/mol. The number of aliphatic hydroxyl groups excluding tert-OH is 1. The van der Waals surface area contributed by atoms with Crippen molar-refractivity contribution in [2.45, 2.75) is 37.9 Å². The lowest BCUT2D eigenvalue weighted by atomic mass is 10.1. The summed E-state index contributed by atoms with van der Waals surface area (Å²) >= 11 is 6.23. The number of aliphatic hydroxyl groups is 1. The van der Waals surface area contributed by atoms with Crippen LogP contribution in [0.15, 0.2) is 18.2 Å². The number of nitrogens with one attached hydrogen (secondary N) is 2. The van der Waals surface area contributed by atoms with Crippen molar-refractivity contribution in [3.05, 3.63) is 46.0 Å². The summed E-state index contributed by atoms with van der Waals surface area (Å²) in [4.78, 5) is 23.2. The Morgan fingerprint density at radius 3 is 2.71 bits per heavy atom. The van der Waals surface area contributed by atoms with Crippen LogP contribution in [0.5, 0.6) is 11.9 Å². The van der Waals surface area contributed by atoms with Gasteiger partial charge in [0.2, 0.25) is 5.88 Å². The van der Waals surface area contributed by atoms with Gasteiger partial charge in [0.25, 0.3) is 11.9 Å². The molecule has 5 rings (SSSR count). The molecule has 1 aromatic carbocycles. The van der Waals surface area contributed by atoms with Gasteiger partial charge in [-0.15, -0.1) is 0 Å². The fourth-order valence-electron chi connectivity index (χ4n) is 4.00. The van der Waals surface area contributed by atoms with Crippen LogP contribution in [0.4, 0.5) is 8.78 Å². The Balaban J connectivity index is 1.30. The Kier molecular flexibility index (Phi) is 6.45. The number of hydrogen-bond donors (Lipinski definition) is 3. The number of ether oxygens (including phenoxy) is 4. The molecule has 13 heteroatoms. The Bertz CT molecular complexity index is 1250. The summed E-state index contributed by atoms with van der Waals surface area (Å²) in [6.45, 7) is 1.90. The number of hydrogen-bond acceptors (Lipinski definition) is 8. The predicted molar refractivity (Wildman–Crippen MR) is 117 cm³/mol. The maximum atomic E-state index is 14.5. The number of amides is 1. The average Bonchev–Trinajstić information content (AvgIpc) is 3.50. The maximum absolute atomic E-state index is 14.5. The first-order chi connectivity index (χ1) is 16.8. The van der Waals surface area contributed by atoms with Crippen LogP contribution >= 0.6 is 11.6 Å². The largest absolute Gasteiger partial charge is 0.471 e. The van der Waals surface area contributed by atoms with Crippen LogP contribution in [-0.2, 0) is 16.1 Å². The number of pyridine rings is 1. The zero-order valence-corrected chi connectivity index (χ0v) is 19.1. The zero-order valence-electron chi connectivity index (χ0n) is 18.4. The van der Waals surface area contributed by atoms with Crippen LogP contribution in [0.1, 0.15) is 22.8 Å². The number of benzene rings is 1. The van der Waals surface area contributed by atoms with E-state index in [9.17, 15) is 18.7 Å². The number of carbonyl (C=O) groups is 1. The molecule has 35 heavy (non-hydrogen) atoms. The lowest BCUT2D eigenvalue weighted by Gasteiger charge is -2.15. The van der Waals surface area contributed by atoms with E-state index in [0.717, 1.165) is 12.1 Å². The van der Waals surface area contributed by atoms with E-state index in [4.69, 9.17) is 30.5 Å². The summed E-state index contributed by atoms with van der Waals surface area (Å²) in [6, 6.07) is 3.51. The second-order valence-corrected chi connectivity index (χ2v) is 8.48. The molecule has 2 aliphatic rings. The first-order valence-electron chi connectivity index (χ1n) is 10.9. The smallest absolute Gasteiger partial charge is 0.296 e. The van der Waals surface area contributed by atoms with E-state index in [1.807, 2.05) is 0 Å². The Morgan fingerprint density at radius 1 is 1.23 bits per heavy atom. The molecule has 3 aromatic rings. The lowest BCUT2D eigenvalue weighted by Crippen LogP contribution is -2.34. The van der Waals surface area contributed by atoms with Gasteiger partial charge in [-0.3, -0.25) is 4.79 Å². The number of rotatable bonds is 7. The van der Waals surface area contributed by atoms with Gasteiger partial charge in [0.1, 0.15) is 41.6 Å². The standard InChI is InChI=1S/C22H21ClF2N4O6/c1-2-26-20(31)9-3-12(24)10(13(25)4-9)6-34-21-11(23)5-14-19(28-21)29-22(27-14)35-16-8-33-17-15(30)7-32-18(16)17/h3-5,15-18,30H,2,6-8H2,1H3,(H,26,31)(H,27,28,29)/t15-,16-,17?,18?/m1/s1.